The predicted octanol–water partition coefficient (Wildman–Crippen LogP) is 3.69. The highest BCUT2D eigenvalue weighted by atomic mass is 16.6. The lowest BCUT2D eigenvalue weighted by Crippen LogP contribution is -2.32. The molecule has 126 valence electrons. The van der Waals surface area contributed by atoms with E-state index < -0.39 is 29.3 Å². The predicted molar refractivity (Wildman–Crippen MR) is 86.9 cm³/mol. The van der Waals surface area contributed by atoms with Crippen molar-refractivity contribution in [3.8, 4) is 0 Å². The lowest BCUT2D eigenvalue weighted by atomic mass is 10.1. The minimum Gasteiger partial charge on any atom is -0.458 e. The van der Waals surface area contributed by atoms with Gasteiger partial charge in [-0.15, -0.1) is 0 Å². The van der Waals surface area contributed by atoms with Gasteiger partial charge in [0, 0.05) is 0 Å². The zero-order valence-corrected chi connectivity index (χ0v) is 14.6. The molecule has 23 heavy (non-hydrogen) atoms. The molecule has 1 aromatic carbocycles. The maximum Gasteiger partial charge on any atom is 0.411 e. The first kappa shape index (κ1) is 17.3. The van der Waals surface area contributed by atoms with E-state index in [0.717, 1.165) is 5.56 Å². The summed E-state index contributed by atoms with van der Waals surface area (Å²) in [7, 11) is 0. The van der Waals surface area contributed by atoms with Crippen LogP contribution in [0.5, 0.6) is 0 Å². The van der Waals surface area contributed by atoms with E-state index in [9.17, 15) is 9.59 Å². The summed E-state index contributed by atoms with van der Waals surface area (Å²) >= 11 is 0. The molecule has 0 saturated carbocycles. The number of hydrogen-bond acceptors (Lipinski definition) is 4. The molecule has 0 bridgehead atoms. The van der Waals surface area contributed by atoms with Crippen molar-refractivity contribution < 1.29 is 19.1 Å². The van der Waals surface area contributed by atoms with E-state index in [1.54, 1.807) is 20.8 Å². The summed E-state index contributed by atoms with van der Waals surface area (Å²) in [4.78, 5) is 26.2. The molecule has 0 aromatic heterocycles. The summed E-state index contributed by atoms with van der Waals surface area (Å²) in [5.74, 6) is -0.405. The van der Waals surface area contributed by atoms with Gasteiger partial charge in [-0.3, -0.25) is 4.90 Å². The van der Waals surface area contributed by atoms with Crippen LogP contribution in [0.3, 0.4) is 0 Å². The van der Waals surface area contributed by atoms with Crippen LogP contribution in [-0.2, 0) is 14.3 Å². The van der Waals surface area contributed by atoms with Crippen molar-refractivity contribution >= 4 is 12.1 Å². The molecular weight excluding hydrogens is 294 g/mol. The fraction of sp³-hybridized carbons (Fsp3) is 0.556. The van der Waals surface area contributed by atoms with Crippen LogP contribution in [0.1, 0.15) is 53.1 Å². The summed E-state index contributed by atoms with van der Waals surface area (Å²) in [6.07, 6.45) is -0.498. The molecule has 1 saturated heterocycles. The number of carbonyl (C=O) groups is 2. The molecule has 1 heterocycles. The summed E-state index contributed by atoms with van der Waals surface area (Å²) in [5, 5.41) is 0. The van der Waals surface area contributed by atoms with E-state index in [2.05, 4.69) is 0 Å². The summed E-state index contributed by atoms with van der Waals surface area (Å²) in [6, 6.07) is 8.48. The quantitative estimate of drug-likeness (QED) is 0.616. The Balaban J connectivity index is 2.20. The van der Waals surface area contributed by atoms with Crippen molar-refractivity contribution in [2.24, 2.45) is 0 Å². The maximum absolute atomic E-state index is 12.4. The minimum absolute atomic E-state index is 0.333. The Morgan fingerprint density at radius 1 is 0.913 bits per heavy atom. The maximum atomic E-state index is 12.4. The van der Waals surface area contributed by atoms with Gasteiger partial charge in [0.15, 0.2) is 6.04 Å². The van der Waals surface area contributed by atoms with Crippen LogP contribution in [0.4, 0.5) is 4.79 Å². The van der Waals surface area contributed by atoms with Crippen molar-refractivity contribution in [3.05, 3.63) is 35.9 Å². The van der Waals surface area contributed by atoms with E-state index >= 15 is 0 Å². The third-order valence-electron chi connectivity index (χ3n) is 3.20. The highest BCUT2D eigenvalue weighted by Gasteiger charge is 2.59. The van der Waals surface area contributed by atoms with E-state index in [4.69, 9.17) is 9.47 Å². The SMILES string of the molecule is CC(C)(C)OC(=O)[C@@H]1[C@@H](c2ccccc2)N1C(=O)OC(C)(C)C. The fourth-order valence-electron chi connectivity index (χ4n) is 2.37. The van der Waals surface area contributed by atoms with Gasteiger partial charge >= 0.3 is 12.1 Å². The van der Waals surface area contributed by atoms with E-state index in [1.165, 1.54) is 4.90 Å². The van der Waals surface area contributed by atoms with Gasteiger partial charge in [-0.1, -0.05) is 30.3 Å². The number of benzene rings is 1. The standard InChI is InChI=1S/C18H25NO4/c1-17(2,3)22-15(20)14-13(12-10-8-7-9-11-12)19(14)16(21)23-18(4,5)6/h7-11,13-14H,1-6H3/t13-,14+,19?/m1/s1. The second-order valence-electron chi connectivity index (χ2n) is 7.72. The monoisotopic (exact) mass is 319 g/mol. The Kier molecular flexibility index (Phi) is 4.42. The second kappa shape index (κ2) is 5.87. The first-order valence-electron chi connectivity index (χ1n) is 7.79. The number of nitrogens with zero attached hydrogens (tertiary/aromatic N) is 1. The van der Waals surface area contributed by atoms with Crippen molar-refractivity contribution in [1.29, 1.82) is 0 Å². The van der Waals surface area contributed by atoms with E-state index in [0.29, 0.717) is 0 Å². The molecule has 0 radical (unpaired) electrons. The minimum atomic E-state index is -0.633. The highest BCUT2D eigenvalue weighted by Crippen LogP contribution is 2.45. The molecule has 5 nitrogen and oxygen atoms in total. The molecule has 1 aliphatic rings. The number of esters is 1. The Hall–Kier alpha value is -2.04. The van der Waals surface area contributed by atoms with Gasteiger partial charge in [-0.25, -0.2) is 9.59 Å². The van der Waals surface area contributed by atoms with Crippen molar-refractivity contribution in [3.63, 3.8) is 0 Å². The topological polar surface area (TPSA) is 55.6 Å². The van der Waals surface area contributed by atoms with Crippen LogP contribution in [-0.4, -0.2) is 34.2 Å². The number of amides is 1. The van der Waals surface area contributed by atoms with E-state index in [-0.39, 0.29) is 6.04 Å². The van der Waals surface area contributed by atoms with Crippen LogP contribution >= 0.6 is 0 Å². The molecule has 0 spiro atoms. The van der Waals surface area contributed by atoms with Crippen LogP contribution in [0, 0.1) is 0 Å². The molecule has 1 fully saturated rings. The average molecular weight is 319 g/mol. The Labute approximate surface area is 137 Å². The number of ether oxygens (including phenoxy) is 2. The molecular formula is C18H25NO4. The van der Waals surface area contributed by atoms with Gasteiger partial charge in [0.1, 0.15) is 11.2 Å². The zero-order chi connectivity index (χ0) is 17.4. The highest BCUT2D eigenvalue weighted by molar-refractivity contribution is 5.89. The molecule has 0 aliphatic carbocycles. The fourth-order valence-corrected chi connectivity index (χ4v) is 2.37. The number of carbonyl (C=O) groups excluding carboxylic acids is 2. The van der Waals surface area contributed by atoms with Gasteiger partial charge < -0.3 is 9.47 Å². The van der Waals surface area contributed by atoms with Gasteiger partial charge in [0.25, 0.3) is 0 Å². The Bertz CT molecular complexity index is 549. The number of hydrogen-bond donors (Lipinski definition) is 0. The molecule has 5 heteroatoms. The second-order valence-corrected chi connectivity index (χ2v) is 7.72. The van der Waals surface area contributed by atoms with Gasteiger partial charge in [0.05, 0.1) is 6.04 Å². The van der Waals surface area contributed by atoms with E-state index in [1.807, 2.05) is 51.1 Å². The van der Waals surface area contributed by atoms with Crippen LogP contribution in [0.2, 0.25) is 0 Å². The molecule has 2 rings (SSSR count). The van der Waals surface area contributed by atoms with Gasteiger partial charge in [-0.05, 0) is 47.1 Å². The van der Waals surface area contributed by atoms with Gasteiger partial charge in [0.2, 0.25) is 0 Å². The summed E-state index contributed by atoms with van der Waals surface area (Å²) < 4.78 is 10.8. The lowest BCUT2D eigenvalue weighted by Gasteiger charge is -2.21. The molecule has 1 aromatic rings. The summed E-state index contributed by atoms with van der Waals surface area (Å²) in [6.45, 7) is 10.8. The molecule has 1 aliphatic heterocycles. The van der Waals surface area contributed by atoms with Crippen molar-refractivity contribution in [2.75, 3.05) is 0 Å². The molecule has 0 unspecified atom stereocenters. The largest absolute Gasteiger partial charge is 0.458 e. The van der Waals surface area contributed by atoms with Crippen molar-refractivity contribution in [1.82, 2.24) is 4.90 Å². The normalized spacial score (nSPS) is 20.9. The smallest absolute Gasteiger partial charge is 0.411 e. The molecule has 2 atom stereocenters. The van der Waals surface area contributed by atoms with Gasteiger partial charge in [-0.2, -0.15) is 0 Å². The Morgan fingerprint density at radius 3 is 1.91 bits per heavy atom. The molecule has 0 N–H and O–H groups in total. The lowest BCUT2D eigenvalue weighted by molar-refractivity contribution is -0.155. The third kappa shape index (κ3) is 4.47. The zero-order valence-electron chi connectivity index (χ0n) is 14.6. The van der Waals surface area contributed by atoms with Crippen LogP contribution < -0.4 is 0 Å². The number of rotatable bonds is 2. The summed E-state index contributed by atoms with van der Waals surface area (Å²) in [5.41, 5.74) is -0.311. The molecule has 1 amide bonds. The first-order valence-corrected chi connectivity index (χ1v) is 7.79. The van der Waals surface area contributed by atoms with Crippen molar-refractivity contribution in [2.45, 2.75) is 64.8 Å². The van der Waals surface area contributed by atoms with Crippen LogP contribution in [0.15, 0.2) is 30.3 Å². The van der Waals surface area contributed by atoms with Crippen LogP contribution in [0.25, 0.3) is 0 Å². The first-order chi connectivity index (χ1) is 10.5. The average Bonchev–Trinajstić information content (AvgIpc) is 3.11. The Morgan fingerprint density at radius 2 is 1.43 bits per heavy atom. The third-order valence-corrected chi connectivity index (χ3v) is 3.20.